The van der Waals surface area contributed by atoms with Gasteiger partial charge in [0.1, 0.15) is 0 Å². The lowest BCUT2D eigenvalue weighted by Crippen LogP contribution is -2.36. The van der Waals surface area contributed by atoms with Crippen LogP contribution in [0, 0.1) is 5.92 Å². The molecule has 1 aromatic heterocycles. The molecule has 0 bridgehead atoms. The van der Waals surface area contributed by atoms with Crippen molar-refractivity contribution in [3.63, 3.8) is 0 Å². The van der Waals surface area contributed by atoms with Crippen molar-refractivity contribution in [2.24, 2.45) is 5.92 Å². The van der Waals surface area contributed by atoms with Crippen LogP contribution in [-0.4, -0.2) is 17.6 Å². The van der Waals surface area contributed by atoms with E-state index in [-0.39, 0.29) is 5.92 Å². The van der Waals surface area contributed by atoms with Crippen LogP contribution in [0.5, 0.6) is 0 Å². The Morgan fingerprint density at radius 3 is 2.93 bits per heavy atom. The van der Waals surface area contributed by atoms with E-state index in [0.29, 0.717) is 12.6 Å². The van der Waals surface area contributed by atoms with Crippen molar-refractivity contribution in [2.75, 3.05) is 6.54 Å². The SMILES string of the molecule is O=C(O)C1CCC(c2cccs2)NC1. The van der Waals surface area contributed by atoms with Gasteiger partial charge in [0, 0.05) is 17.5 Å². The third kappa shape index (κ3) is 1.96. The Hall–Kier alpha value is -0.870. The molecule has 4 heteroatoms. The van der Waals surface area contributed by atoms with Crippen LogP contribution in [0.15, 0.2) is 17.5 Å². The third-order valence-corrected chi connectivity index (χ3v) is 3.64. The van der Waals surface area contributed by atoms with Gasteiger partial charge in [-0.1, -0.05) is 6.07 Å². The smallest absolute Gasteiger partial charge is 0.307 e. The highest BCUT2D eigenvalue weighted by atomic mass is 32.1. The molecule has 76 valence electrons. The zero-order valence-electron chi connectivity index (χ0n) is 7.77. The number of rotatable bonds is 2. The van der Waals surface area contributed by atoms with Gasteiger partial charge in [0.05, 0.1) is 5.92 Å². The summed E-state index contributed by atoms with van der Waals surface area (Å²) in [4.78, 5) is 12.0. The van der Waals surface area contributed by atoms with Gasteiger partial charge < -0.3 is 10.4 Å². The summed E-state index contributed by atoms with van der Waals surface area (Å²) < 4.78 is 0. The summed E-state index contributed by atoms with van der Waals surface area (Å²) in [7, 11) is 0. The van der Waals surface area contributed by atoms with Gasteiger partial charge in [-0.2, -0.15) is 0 Å². The molecule has 2 heterocycles. The molecule has 1 aliphatic heterocycles. The lowest BCUT2D eigenvalue weighted by atomic mass is 9.94. The average Bonchev–Trinajstić information content (AvgIpc) is 2.71. The van der Waals surface area contributed by atoms with Crippen LogP contribution in [0.25, 0.3) is 0 Å². The normalized spacial score (nSPS) is 27.4. The molecule has 1 saturated heterocycles. The number of aliphatic carboxylic acids is 1. The summed E-state index contributed by atoms with van der Waals surface area (Å²) in [6.45, 7) is 0.595. The molecule has 2 unspecified atom stereocenters. The lowest BCUT2D eigenvalue weighted by molar-refractivity contribution is -0.142. The minimum atomic E-state index is -0.679. The molecular formula is C10H13NO2S. The second-order valence-corrected chi connectivity index (χ2v) is 4.57. The molecule has 0 amide bonds. The van der Waals surface area contributed by atoms with Gasteiger partial charge in [0.2, 0.25) is 0 Å². The Bertz CT molecular complexity index is 302. The molecule has 0 aliphatic carbocycles. The van der Waals surface area contributed by atoms with E-state index in [4.69, 9.17) is 5.11 Å². The molecule has 0 saturated carbocycles. The van der Waals surface area contributed by atoms with Crippen molar-refractivity contribution in [2.45, 2.75) is 18.9 Å². The largest absolute Gasteiger partial charge is 0.481 e. The van der Waals surface area contributed by atoms with Gasteiger partial charge >= 0.3 is 5.97 Å². The summed E-state index contributed by atoms with van der Waals surface area (Å²) in [6, 6.07) is 4.50. The molecule has 1 aliphatic rings. The first-order chi connectivity index (χ1) is 6.77. The summed E-state index contributed by atoms with van der Waals surface area (Å²) in [5, 5.41) is 14.2. The third-order valence-electron chi connectivity index (χ3n) is 2.65. The van der Waals surface area contributed by atoms with Crippen molar-refractivity contribution in [1.82, 2.24) is 5.32 Å². The molecule has 1 fully saturated rings. The predicted molar refractivity (Wildman–Crippen MR) is 55.4 cm³/mol. The fraction of sp³-hybridized carbons (Fsp3) is 0.500. The van der Waals surface area contributed by atoms with Crippen LogP contribution >= 0.6 is 11.3 Å². The highest BCUT2D eigenvalue weighted by Gasteiger charge is 2.26. The number of thiophene rings is 1. The maximum Gasteiger partial charge on any atom is 0.307 e. The van der Waals surface area contributed by atoms with Gasteiger partial charge in [-0.05, 0) is 24.3 Å². The van der Waals surface area contributed by atoms with E-state index in [9.17, 15) is 4.79 Å². The first-order valence-electron chi connectivity index (χ1n) is 4.77. The minimum Gasteiger partial charge on any atom is -0.481 e. The van der Waals surface area contributed by atoms with E-state index in [2.05, 4.69) is 16.8 Å². The molecule has 1 aromatic rings. The van der Waals surface area contributed by atoms with Crippen LogP contribution in [0.3, 0.4) is 0 Å². The fourth-order valence-electron chi connectivity index (χ4n) is 1.80. The number of nitrogens with one attached hydrogen (secondary N) is 1. The molecule has 14 heavy (non-hydrogen) atoms. The monoisotopic (exact) mass is 211 g/mol. The summed E-state index contributed by atoms with van der Waals surface area (Å²) >= 11 is 1.73. The number of carboxylic acid groups (broad SMARTS) is 1. The number of carboxylic acids is 1. The van der Waals surface area contributed by atoms with E-state index < -0.39 is 5.97 Å². The Balaban J connectivity index is 1.93. The molecule has 0 spiro atoms. The predicted octanol–water partition coefficient (Wildman–Crippen LogP) is 1.87. The summed E-state index contributed by atoms with van der Waals surface area (Å²) in [5.41, 5.74) is 0. The van der Waals surface area contributed by atoms with E-state index in [1.54, 1.807) is 11.3 Å². The van der Waals surface area contributed by atoms with Gasteiger partial charge in [-0.25, -0.2) is 0 Å². The Morgan fingerprint density at radius 1 is 1.57 bits per heavy atom. The molecule has 3 nitrogen and oxygen atoms in total. The topological polar surface area (TPSA) is 49.3 Å². The maximum absolute atomic E-state index is 10.7. The quantitative estimate of drug-likeness (QED) is 0.785. The number of piperidine rings is 1. The molecule has 2 N–H and O–H groups in total. The fourth-order valence-corrected chi connectivity index (χ4v) is 2.64. The van der Waals surface area contributed by atoms with Gasteiger partial charge in [0.25, 0.3) is 0 Å². The van der Waals surface area contributed by atoms with E-state index >= 15 is 0 Å². The molecule has 2 rings (SSSR count). The first-order valence-corrected chi connectivity index (χ1v) is 5.65. The van der Waals surface area contributed by atoms with Crippen molar-refractivity contribution in [3.05, 3.63) is 22.4 Å². The number of hydrogen-bond acceptors (Lipinski definition) is 3. The maximum atomic E-state index is 10.7. The van der Waals surface area contributed by atoms with Crippen molar-refractivity contribution < 1.29 is 9.90 Å². The van der Waals surface area contributed by atoms with Crippen LogP contribution in [0.1, 0.15) is 23.8 Å². The highest BCUT2D eigenvalue weighted by molar-refractivity contribution is 7.10. The molecule has 0 aromatic carbocycles. The lowest BCUT2D eigenvalue weighted by Gasteiger charge is -2.26. The molecular weight excluding hydrogens is 198 g/mol. The van der Waals surface area contributed by atoms with Gasteiger partial charge in [-0.15, -0.1) is 11.3 Å². The van der Waals surface area contributed by atoms with Crippen LogP contribution in [-0.2, 0) is 4.79 Å². The average molecular weight is 211 g/mol. The Kier molecular flexibility index (Phi) is 2.84. The summed E-state index contributed by atoms with van der Waals surface area (Å²) in [6.07, 6.45) is 1.71. The van der Waals surface area contributed by atoms with Crippen molar-refractivity contribution in [1.29, 1.82) is 0 Å². The van der Waals surface area contributed by atoms with Crippen molar-refractivity contribution >= 4 is 17.3 Å². The van der Waals surface area contributed by atoms with Crippen LogP contribution in [0.2, 0.25) is 0 Å². The van der Waals surface area contributed by atoms with Crippen LogP contribution in [0.4, 0.5) is 0 Å². The number of hydrogen-bond donors (Lipinski definition) is 2. The second kappa shape index (κ2) is 4.11. The molecule has 0 radical (unpaired) electrons. The first kappa shape index (κ1) is 9.68. The van der Waals surface area contributed by atoms with Gasteiger partial charge in [0.15, 0.2) is 0 Å². The zero-order valence-corrected chi connectivity index (χ0v) is 8.59. The summed E-state index contributed by atoms with van der Waals surface area (Å²) in [5.74, 6) is -0.881. The highest BCUT2D eigenvalue weighted by Crippen LogP contribution is 2.28. The zero-order chi connectivity index (χ0) is 9.97. The standard InChI is InChI=1S/C10H13NO2S/c12-10(13)7-3-4-8(11-6-7)9-2-1-5-14-9/h1-2,5,7-8,11H,3-4,6H2,(H,12,13). The van der Waals surface area contributed by atoms with Crippen molar-refractivity contribution in [3.8, 4) is 0 Å². The van der Waals surface area contributed by atoms with E-state index in [0.717, 1.165) is 12.8 Å². The number of carbonyl (C=O) groups is 1. The van der Waals surface area contributed by atoms with E-state index in [1.165, 1.54) is 4.88 Å². The second-order valence-electron chi connectivity index (χ2n) is 3.59. The Morgan fingerprint density at radius 2 is 2.43 bits per heavy atom. The van der Waals surface area contributed by atoms with Crippen LogP contribution < -0.4 is 5.32 Å². The van der Waals surface area contributed by atoms with Gasteiger partial charge in [-0.3, -0.25) is 4.79 Å². The Labute approximate surface area is 86.8 Å². The minimum absolute atomic E-state index is 0.203. The molecule has 2 atom stereocenters. The van der Waals surface area contributed by atoms with E-state index in [1.807, 2.05) is 6.07 Å².